The maximum Gasteiger partial charge on any atom is 0.0754 e. The van der Waals surface area contributed by atoms with Crippen LogP contribution in [0.5, 0.6) is 0 Å². The number of hydrogen-bond acceptors (Lipinski definition) is 2. The normalized spacial score (nSPS) is 14.6. The molecule has 1 N–H and O–H groups in total. The van der Waals surface area contributed by atoms with Gasteiger partial charge in [-0.15, -0.1) is 0 Å². The molecule has 0 aromatic carbocycles. The lowest BCUT2D eigenvalue weighted by Crippen LogP contribution is -2.07. The zero-order chi connectivity index (χ0) is 10.1. The molecule has 0 spiro atoms. The number of rotatable bonds is 7. The van der Waals surface area contributed by atoms with Gasteiger partial charge >= 0.3 is 0 Å². The van der Waals surface area contributed by atoms with Gasteiger partial charge in [0.1, 0.15) is 0 Å². The van der Waals surface area contributed by atoms with Crippen LogP contribution in [0.2, 0.25) is 0 Å². The van der Waals surface area contributed by atoms with Crippen molar-refractivity contribution in [2.75, 3.05) is 13.7 Å². The Hall–Kier alpha value is -0.340. The maximum absolute atomic E-state index is 8.72. The minimum Gasteiger partial charge on any atom is -0.396 e. The van der Waals surface area contributed by atoms with E-state index in [-0.39, 0.29) is 12.7 Å². The number of ether oxygens (including phenoxy) is 1. The van der Waals surface area contributed by atoms with E-state index in [0.29, 0.717) is 0 Å². The fourth-order valence-electron chi connectivity index (χ4n) is 1.25. The summed E-state index contributed by atoms with van der Waals surface area (Å²) in [6, 6.07) is 0. The van der Waals surface area contributed by atoms with Crippen molar-refractivity contribution in [1.82, 2.24) is 0 Å². The number of unbranched alkanes of at least 4 members (excludes halogenated alkanes) is 1. The third-order valence-corrected chi connectivity index (χ3v) is 2.12. The molecule has 78 valence electrons. The van der Waals surface area contributed by atoms with Crippen molar-refractivity contribution in [2.45, 2.75) is 45.6 Å². The first-order valence-corrected chi connectivity index (χ1v) is 5.05. The van der Waals surface area contributed by atoms with Crippen LogP contribution in [0.4, 0.5) is 0 Å². The Morgan fingerprint density at radius 3 is 2.69 bits per heavy atom. The second-order valence-corrected chi connectivity index (χ2v) is 3.40. The van der Waals surface area contributed by atoms with E-state index in [1.807, 2.05) is 6.92 Å². The largest absolute Gasteiger partial charge is 0.396 e. The van der Waals surface area contributed by atoms with Crippen molar-refractivity contribution in [3.63, 3.8) is 0 Å². The molecule has 0 bridgehead atoms. The first-order chi connectivity index (χ1) is 6.24. The van der Waals surface area contributed by atoms with E-state index in [4.69, 9.17) is 9.84 Å². The Bertz CT molecular complexity index is 141. The van der Waals surface area contributed by atoms with Gasteiger partial charge in [-0.05, 0) is 19.8 Å². The molecule has 0 radical (unpaired) electrons. The third kappa shape index (κ3) is 6.79. The molecule has 0 aromatic rings. The third-order valence-electron chi connectivity index (χ3n) is 2.12. The molecule has 2 nitrogen and oxygen atoms in total. The smallest absolute Gasteiger partial charge is 0.0754 e. The molecule has 0 aromatic heterocycles. The molecule has 1 unspecified atom stereocenters. The summed E-state index contributed by atoms with van der Waals surface area (Å²) in [6.45, 7) is 4.44. The zero-order valence-corrected chi connectivity index (χ0v) is 9.05. The number of methoxy groups -OCH3 is 1. The molecule has 0 amide bonds. The highest BCUT2D eigenvalue weighted by atomic mass is 16.5. The molecular weight excluding hydrogens is 164 g/mol. The van der Waals surface area contributed by atoms with E-state index in [2.05, 4.69) is 13.0 Å². The molecule has 13 heavy (non-hydrogen) atoms. The molecule has 0 aliphatic carbocycles. The van der Waals surface area contributed by atoms with Gasteiger partial charge in [0.15, 0.2) is 0 Å². The molecule has 1 atom stereocenters. The van der Waals surface area contributed by atoms with E-state index >= 15 is 0 Å². The lowest BCUT2D eigenvalue weighted by molar-refractivity contribution is 0.130. The van der Waals surface area contributed by atoms with Crippen LogP contribution >= 0.6 is 0 Å². The maximum atomic E-state index is 8.72. The first-order valence-electron chi connectivity index (χ1n) is 5.05. The fraction of sp³-hybridized carbons (Fsp3) is 0.818. The zero-order valence-electron chi connectivity index (χ0n) is 9.05. The van der Waals surface area contributed by atoms with Gasteiger partial charge in [0, 0.05) is 13.7 Å². The summed E-state index contributed by atoms with van der Waals surface area (Å²) in [7, 11) is 1.74. The lowest BCUT2D eigenvalue weighted by Gasteiger charge is -2.11. The standard InChI is InChI=1S/C11H22O2/c1-4-5-6-11(13-3)9-10(2)7-8-12/h9,11-12H,4-8H2,1-3H3/b10-9+. The second kappa shape index (κ2) is 8.27. The molecule has 0 rings (SSSR count). The van der Waals surface area contributed by atoms with Crippen LogP contribution < -0.4 is 0 Å². The molecule has 0 fully saturated rings. The van der Waals surface area contributed by atoms with Gasteiger partial charge in [-0.2, -0.15) is 0 Å². The van der Waals surface area contributed by atoms with Gasteiger partial charge in [-0.25, -0.2) is 0 Å². The Kier molecular flexibility index (Phi) is 8.05. The predicted octanol–water partition coefficient (Wildman–Crippen LogP) is 2.52. The van der Waals surface area contributed by atoms with Crippen molar-refractivity contribution >= 4 is 0 Å². The van der Waals surface area contributed by atoms with Crippen LogP contribution in [0, 0.1) is 0 Å². The van der Waals surface area contributed by atoms with Crippen LogP contribution in [-0.4, -0.2) is 24.9 Å². The summed E-state index contributed by atoms with van der Waals surface area (Å²) in [5, 5.41) is 8.72. The summed E-state index contributed by atoms with van der Waals surface area (Å²) in [5.41, 5.74) is 1.21. The van der Waals surface area contributed by atoms with Gasteiger partial charge in [0.2, 0.25) is 0 Å². The Morgan fingerprint density at radius 1 is 1.54 bits per heavy atom. The summed E-state index contributed by atoms with van der Waals surface area (Å²) in [4.78, 5) is 0. The number of aliphatic hydroxyl groups excluding tert-OH is 1. The predicted molar refractivity (Wildman–Crippen MR) is 55.8 cm³/mol. The highest BCUT2D eigenvalue weighted by Gasteiger charge is 2.02. The highest BCUT2D eigenvalue weighted by Crippen LogP contribution is 2.09. The first kappa shape index (κ1) is 12.7. The lowest BCUT2D eigenvalue weighted by atomic mass is 10.1. The van der Waals surface area contributed by atoms with E-state index in [9.17, 15) is 0 Å². The minimum absolute atomic E-state index is 0.228. The quantitative estimate of drug-likeness (QED) is 0.619. The molecule has 0 heterocycles. The van der Waals surface area contributed by atoms with E-state index < -0.39 is 0 Å². The van der Waals surface area contributed by atoms with Gasteiger partial charge in [-0.1, -0.05) is 31.4 Å². The molecule has 0 aliphatic heterocycles. The average Bonchev–Trinajstić information content (AvgIpc) is 2.12. The number of aliphatic hydroxyl groups is 1. The van der Waals surface area contributed by atoms with Crippen LogP contribution in [-0.2, 0) is 4.74 Å². The minimum atomic E-state index is 0.228. The summed E-state index contributed by atoms with van der Waals surface area (Å²) < 4.78 is 5.31. The summed E-state index contributed by atoms with van der Waals surface area (Å²) in [5.74, 6) is 0. The Labute approximate surface area is 81.6 Å². The summed E-state index contributed by atoms with van der Waals surface area (Å²) in [6.07, 6.45) is 6.58. The van der Waals surface area contributed by atoms with Crippen LogP contribution in [0.15, 0.2) is 11.6 Å². The van der Waals surface area contributed by atoms with Gasteiger partial charge in [-0.3, -0.25) is 0 Å². The van der Waals surface area contributed by atoms with Crippen molar-refractivity contribution < 1.29 is 9.84 Å². The molecule has 0 saturated heterocycles. The van der Waals surface area contributed by atoms with Gasteiger partial charge < -0.3 is 9.84 Å². The fourth-order valence-corrected chi connectivity index (χ4v) is 1.25. The molecule has 2 heteroatoms. The van der Waals surface area contributed by atoms with Crippen LogP contribution in [0.25, 0.3) is 0 Å². The van der Waals surface area contributed by atoms with Crippen LogP contribution in [0.1, 0.15) is 39.5 Å². The van der Waals surface area contributed by atoms with E-state index in [1.165, 1.54) is 18.4 Å². The highest BCUT2D eigenvalue weighted by molar-refractivity contribution is 5.02. The van der Waals surface area contributed by atoms with Crippen molar-refractivity contribution in [3.8, 4) is 0 Å². The van der Waals surface area contributed by atoms with Crippen LogP contribution in [0.3, 0.4) is 0 Å². The molecule has 0 aliphatic rings. The summed E-state index contributed by atoms with van der Waals surface area (Å²) >= 11 is 0. The monoisotopic (exact) mass is 186 g/mol. The van der Waals surface area contributed by atoms with Crippen molar-refractivity contribution in [1.29, 1.82) is 0 Å². The average molecular weight is 186 g/mol. The van der Waals surface area contributed by atoms with Crippen molar-refractivity contribution in [2.24, 2.45) is 0 Å². The van der Waals surface area contributed by atoms with E-state index in [0.717, 1.165) is 12.8 Å². The molecular formula is C11H22O2. The Morgan fingerprint density at radius 2 is 2.23 bits per heavy atom. The molecule has 0 saturated carbocycles. The van der Waals surface area contributed by atoms with Crippen molar-refractivity contribution in [3.05, 3.63) is 11.6 Å². The SMILES string of the molecule is CCCCC(/C=C(\C)CCO)OC. The van der Waals surface area contributed by atoms with Gasteiger partial charge in [0.25, 0.3) is 0 Å². The number of hydrogen-bond donors (Lipinski definition) is 1. The second-order valence-electron chi connectivity index (χ2n) is 3.40. The van der Waals surface area contributed by atoms with Gasteiger partial charge in [0.05, 0.1) is 6.10 Å². The van der Waals surface area contributed by atoms with E-state index in [1.54, 1.807) is 7.11 Å². The topological polar surface area (TPSA) is 29.5 Å². The Balaban J connectivity index is 3.86.